The molecule has 0 radical (unpaired) electrons. The highest BCUT2D eigenvalue weighted by Crippen LogP contribution is 2.04. The number of rotatable bonds is 5. The maximum atomic E-state index is 3.07. The zero-order chi connectivity index (χ0) is 7.66. The predicted octanol–water partition coefficient (Wildman–Crippen LogP) is 2.93. The first-order chi connectivity index (χ1) is 4.91. The van der Waals surface area contributed by atoms with E-state index in [0.717, 1.165) is 6.42 Å². The van der Waals surface area contributed by atoms with Gasteiger partial charge in [-0.3, -0.25) is 0 Å². The molecule has 0 aromatic heterocycles. The van der Waals surface area contributed by atoms with E-state index in [-0.39, 0.29) is 0 Å². The van der Waals surface area contributed by atoms with Crippen LogP contribution in [0.1, 0.15) is 33.1 Å². The molecular formula is C9H16S. The maximum Gasteiger partial charge on any atom is 0.00888 e. The third-order valence-corrected chi connectivity index (χ3v) is 2.21. The summed E-state index contributed by atoms with van der Waals surface area (Å²) in [5.74, 6) is 8.52. The second-order valence-corrected chi connectivity index (χ2v) is 3.47. The van der Waals surface area contributed by atoms with Crippen molar-refractivity contribution in [3.05, 3.63) is 0 Å². The Kier molecular flexibility index (Phi) is 8.83. The highest BCUT2D eigenvalue weighted by Gasteiger charge is 1.85. The summed E-state index contributed by atoms with van der Waals surface area (Å²) in [4.78, 5) is 0. The van der Waals surface area contributed by atoms with E-state index in [4.69, 9.17) is 0 Å². The van der Waals surface area contributed by atoms with Crippen molar-refractivity contribution in [2.24, 2.45) is 0 Å². The molecular weight excluding hydrogens is 140 g/mol. The van der Waals surface area contributed by atoms with Crippen molar-refractivity contribution in [1.29, 1.82) is 0 Å². The van der Waals surface area contributed by atoms with Crippen LogP contribution in [0.25, 0.3) is 0 Å². The van der Waals surface area contributed by atoms with Crippen LogP contribution in [0.15, 0.2) is 0 Å². The smallest absolute Gasteiger partial charge is 0.00888 e. The van der Waals surface area contributed by atoms with Crippen molar-refractivity contribution in [2.75, 3.05) is 11.5 Å². The van der Waals surface area contributed by atoms with Gasteiger partial charge >= 0.3 is 0 Å². The van der Waals surface area contributed by atoms with Gasteiger partial charge in [-0.2, -0.15) is 11.8 Å². The lowest BCUT2D eigenvalue weighted by atomic mass is 10.2. The lowest BCUT2D eigenvalue weighted by Gasteiger charge is -1.94. The van der Waals surface area contributed by atoms with Gasteiger partial charge in [0, 0.05) is 6.42 Å². The van der Waals surface area contributed by atoms with Crippen LogP contribution in [0.2, 0.25) is 0 Å². The fourth-order valence-electron chi connectivity index (χ4n) is 0.687. The Morgan fingerprint density at radius 1 is 1.30 bits per heavy atom. The number of hydrogen-bond acceptors (Lipinski definition) is 1. The highest BCUT2D eigenvalue weighted by molar-refractivity contribution is 7.99. The van der Waals surface area contributed by atoms with Crippen molar-refractivity contribution in [1.82, 2.24) is 0 Å². The molecule has 0 spiro atoms. The molecule has 0 aliphatic rings. The Morgan fingerprint density at radius 3 is 2.70 bits per heavy atom. The predicted molar refractivity (Wildman–Crippen MR) is 50.3 cm³/mol. The van der Waals surface area contributed by atoms with Crippen LogP contribution in [0.4, 0.5) is 0 Å². The molecule has 10 heavy (non-hydrogen) atoms. The van der Waals surface area contributed by atoms with Crippen molar-refractivity contribution in [3.8, 4) is 11.8 Å². The van der Waals surface area contributed by atoms with E-state index in [0.29, 0.717) is 0 Å². The normalized spacial score (nSPS) is 8.60. The summed E-state index contributed by atoms with van der Waals surface area (Å²) in [6, 6.07) is 0. The molecule has 0 unspecified atom stereocenters. The van der Waals surface area contributed by atoms with Crippen LogP contribution in [0.3, 0.4) is 0 Å². The third-order valence-electron chi connectivity index (χ3n) is 1.22. The Bertz CT molecular complexity index is 108. The van der Waals surface area contributed by atoms with Crippen LogP contribution in [-0.2, 0) is 0 Å². The van der Waals surface area contributed by atoms with E-state index in [1.165, 1.54) is 24.3 Å². The minimum Gasteiger partial charge on any atom is -0.162 e. The average Bonchev–Trinajstić information content (AvgIpc) is 1.97. The van der Waals surface area contributed by atoms with Crippen molar-refractivity contribution >= 4 is 11.8 Å². The molecule has 0 rings (SSSR count). The molecule has 1 heteroatoms. The van der Waals surface area contributed by atoms with Gasteiger partial charge in [0.1, 0.15) is 0 Å². The fraction of sp³-hybridized carbons (Fsp3) is 0.778. The van der Waals surface area contributed by atoms with Gasteiger partial charge in [0.05, 0.1) is 0 Å². The van der Waals surface area contributed by atoms with Gasteiger partial charge in [0.25, 0.3) is 0 Å². The first-order valence-electron chi connectivity index (χ1n) is 3.89. The summed E-state index contributed by atoms with van der Waals surface area (Å²) in [6.07, 6.45) is 3.68. The van der Waals surface area contributed by atoms with Gasteiger partial charge in [-0.1, -0.05) is 6.92 Å². The molecule has 0 aromatic carbocycles. The second-order valence-electron chi connectivity index (χ2n) is 2.08. The zero-order valence-electron chi connectivity index (χ0n) is 6.94. The molecule has 0 saturated heterocycles. The van der Waals surface area contributed by atoms with Gasteiger partial charge in [0.15, 0.2) is 0 Å². The monoisotopic (exact) mass is 156 g/mol. The topological polar surface area (TPSA) is 0 Å². The first kappa shape index (κ1) is 9.91. The molecule has 0 N–H and O–H groups in total. The molecule has 0 aromatic rings. The van der Waals surface area contributed by atoms with Crippen LogP contribution in [-0.4, -0.2) is 11.5 Å². The molecule has 0 heterocycles. The van der Waals surface area contributed by atoms with Crippen LogP contribution in [0.5, 0.6) is 0 Å². The van der Waals surface area contributed by atoms with Gasteiger partial charge in [-0.15, -0.1) is 11.8 Å². The van der Waals surface area contributed by atoms with Crippen molar-refractivity contribution < 1.29 is 0 Å². The van der Waals surface area contributed by atoms with E-state index >= 15 is 0 Å². The van der Waals surface area contributed by atoms with E-state index in [1.807, 2.05) is 18.7 Å². The van der Waals surface area contributed by atoms with Crippen molar-refractivity contribution in [2.45, 2.75) is 33.1 Å². The molecule has 58 valence electrons. The highest BCUT2D eigenvalue weighted by atomic mass is 32.2. The summed E-state index contributed by atoms with van der Waals surface area (Å²) in [6.45, 7) is 4.11. The summed E-state index contributed by atoms with van der Waals surface area (Å²) in [5, 5.41) is 0. The third kappa shape index (κ3) is 7.91. The Morgan fingerprint density at radius 2 is 2.10 bits per heavy atom. The molecule has 0 fully saturated rings. The van der Waals surface area contributed by atoms with E-state index in [2.05, 4.69) is 18.8 Å². The van der Waals surface area contributed by atoms with Gasteiger partial charge < -0.3 is 0 Å². The van der Waals surface area contributed by atoms with Gasteiger partial charge in [-0.05, 0) is 31.3 Å². The summed E-state index contributed by atoms with van der Waals surface area (Å²) in [7, 11) is 0. The maximum absolute atomic E-state index is 3.07. The summed E-state index contributed by atoms with van der Waals surface area (Å²) in [5.41, 5.74) is 0. The molecule has 0 atom stereocenters. The van der Waals surface area contributed by atoms with Crippen molar-refractivity contribution in [3.63, 3.8) is 0 Å². The van der Waals surface area contributed by atoms with Crippen LogP contribution >= 0.6 is 11.8 Å². The lowest BCUT2D eigenvalue weighted by molar-refractivity contribution is 0.836. The molecule has 0 saturated carbocycles. The van der Waals surface area contributed by atoms with Crippen LogP contribution in [0, 0.1) is 11.8 Å². The fourth-order valence-corrected chi connectivity index (χ4v) is 1.38. The molecule has 0 bridgehead atoms. The molecule has 0 nitrogen and oxygen atoms in total. The first-order valence-corrected chi connectivity index (χ1v) is 5.04. The Hall–Kier alpha value is -0.0900. The molecule has 0 amide bonds. The van der Waals surface area contributed by atoms with Crippen LogP contribution < -0.4 is 0 Å². The number of thioether (sulfide) groups is 1. The number of hydrogen-bond donors (Lipinski definition) is 0. The summed E-state index contributed by atoms with van der Waals surface area (Å²) >= 11 is 2.02. The second kappa shape index (κ2) is 8.91. The van der Waals surface area contributed by atoms with E-state index < -0.39 is 0 Å². The SMILES string of the molecule is CC#CCCCCSCC. The van der Waals surface area contributed by atoms with Gasteiger partial charge in [-0.25, -0.2) is 0 Å². The molecule has 0 aliphatic heterocycles. The minimum absolute atomic E-state index is 1.08. The Labute approximate surface area is 68.8 Å². The minimum atomic E-state index is 1.08. The standard InChI is InChI=1S/C9H16S/c1-3-5-6-7-8-9-10-4-2/h4,6-9H2,1-2H3. The average molecular weight is 156 g/mol. The quantitative estimate of drug-likeness (QED) is 0.435. The Balaban J connectivity index is 2.82. The van der Waals surface area contributed by atoms with E-state index in [9.17, 15) is 0 Å². The zero-order valence-corrected chi connectivity index (χ0v) is 7.76. The lowest BCUT2D eigenvalue weighted by Crippen LogP contribution is -1.79. The number of unbranched alkanes of at least 4 members (excludes halogenated alkanes) is 2. The summed E-state index contributed by atoms with van der Waals surface area (Å²) < 4.78 is 0. The van der Waals surface area contributed by atoms with Gasteiger partial charge in [0.2, 0.25) is 0 Å². The van der Waals surface area contributed by atoms with E-state index in [1.54, 1.807) is 0 Å². The molecule has 0 aliphatic carbocycles. The largest absolute Gasteiger partial charge is 0.162 e.